The van der Waals surface area contributed by atoms with Gasteiger partial charge in [0.2, 0.25) is 0 Å². The summed E-state index contributed by atoms with van der Waals surface area (Å²) in [5, 5.41) is 2.26. The number of hydrogen-bond donors (Lipinski definition) is 1. The number of ether oxygens (including phenoxy) is 2. The number of rotatable bonds is 7. The second kappa shape index (κ2) is 12.0. The number of benzene rings is 1. The third kappa shape index (κ3) is 5.84. The van der Waals surface area contributed by atoms with Gasteiger partial charge in [-0.25, -0.2) is 23.5 Å². The van der Waals surface area contributed by atoms with E-state index >= 15 is 8.78 Å². The lowest BCUT2D eigenvalue weighted by atomic mass is 10.1. The number of esters is 1. The number of carbonyl (C=O) groups is 2. The maximum Gasteiger partial charge on any atom is 0.411 e. The topological polar surface area (TPSA) is 120 Å². The van der Waals surface area contributed by atoms with E-state index in [4.69, 9.17) is 9.47 Å². The zero-order chi connectivity index (χ0) is 31.8. The van der Waals surface area contributed by atoms with Crippen LogP contribution < -0.4 is 15.8 Å². The van der Waals surface area contributed by atoms with Gasteiger partial charge in [0.15, 0.2) is 0 Å². The Kier molecular flexibility index (Phi) is 8.36. The number of amides is 1. The molecule has 4 heterocycles. The highest BCUT2D eigenvalue weighted by Gasteiger charge is 2.46. The van der Waals surface area contributed by atoms with Crippen molar-refractivity contribution >= 4 is 23.2 Å². The van der Waals surface area contributed by atoms with Crippen molar-refractivity contribution in [1.29, 1.82) is 0 Å². The van der Waals surface area contributed by atoms with Crippen LogP contribution in [0.15, 0.2) is 53.8 Å². The van der Waals surface area contributed by atoms with E-state index in [0.717, 1.165) is 12.0 Å². The molecule has 0 bridgehead atoms. The second-order valence-corrected chi connectivity index (χ2v) is 9.91. The number of morpholine rings is 1. The first-order valence-electron chi connectivity index (χ1n) is 13.2. The number of imidazole rings is 1. The fourth-order valence-electron chi connectivity index (χ4n) is 5.00. The van der Waals surface area contributed by atoms with Crippen LogP contribution in [0.4, 0.5) is 27.6 Å². The quantitative estimate of drug-likeness (QED) is 0.248. The molecule has 0 unspecified atom stereocenters. The predicted molar refractivity (Wildman–Crippen MR) is 145 cm³/mol. The van der Waals surface area contributed by atoms with Crippen molar-refractivity contribution in [3.8, 4) is 11.3 Å². The number of aromatic nitrogens is 4. The normalized spacial score (nSPS) is 16.2. The molecule has 0 radical (unpaired) electrons. The molecule has 0 saturated carbocycles. The number of nitrogens with one attached hydrogen (secondary N) is 1. The Morgan fingerprint density at radius 1 is 1.14 bits per heavy atom. The zero-order valence-corrected chi connectivity index (χ0v) is 23.3. The van der Waals surface area contributed by atoms with Crippen LogP contribution in [0.25, 0.3) is 16.9 Å². The lowest BCUT2D eigenvalue weighted by molar-refractivity contribution is -0.167. The Labute approximate surface area is 245 Å². The van der Waals surface area contributed by atoms with Gasteiger partial charge in [0.05, 0.1) is 20.3 Å². The molecule has 1 N–H and O–H groups in total. The van der Waals surface area contributed by atoms with Gasteiger partial charge in [-0.3, -0.25) is 9.59 Å². The Balaban J connectivity index is 1.43. The number of hydrogen-bond acceptors (Lipinski definition) is 8. The standard InChI is InChI=1S/C28H25F5N6O5/c1-37-7-5-34-23(26(37)41)17-4-3-15(39-8-6-35-24(17)39)13-20(27(42)43-2)36-25(40)22-18(29)11-16(12-19(22)30)38-9-10-44-14-21(38)28(31,32)33/h3-8,11-12,20-21H,9-10,13-14H2,1-2H3,(H,36,40)/t20-,21+/m0/s1. The van der Waals surface area contributed by atoms with Crippen molar-refractivity contribution in [3.05, 3.63) is 82.3 Å². The number of pyridine rings is 1. The second-order valence-electron chi connectivity index (χ2n) is 9.91. The molecule has 1 aliphatic rings. The summed E-state index contributed by atoms with van der Waals surface area (Å²) in [6.07, 6.45) is 0.985. The average Bonchev–Trinajstić information content (AvgIpc) is 3.48. The number of carbonyl (C=O) groups excluding carboxylic acids is 2. The highest BCUT2D eigenvalue weighted by molar-refractivity contribution is 5.97. The highest BCUT2D eigenvalue weighted by atomic mass is 19.4. The molecule has 16 heteroatoms. The smallest absolute Gasteiger partial charge is 0.411 e. The van der Waals surface area contributed by atoms with Gasteiger partial charge in [0, 0.05) is 61.7 Å². The number of nitrogens with zero attached hydrogens (tertiary/aromatic N) is 5. The van der Waals surface area contributed by atoms with E-state index in [1.54, 1.807) is 29.8 Å². The minimum atomic E-state index is -4.73. The molecule has 1 fully saturated rings. The van der Waals surface area contributed by atoms with E-state index < -0.39 is 59.6 Å². The van der Waals surface area contributed by atoms with Crippen LogP contribution in [0.3, 0.4) is 0 Å². The van der Waals surface area contributed by atoms with Crippen molar-refractivity contribution in [2.75, 3.05) is 31.8 Å². The Morgan fingerprint density at radius 2 is 1.84 bits per heavy atom. The number of aryl methyl sites for hydroxylation is 1. The molecule has 1 amide bonds. The van der Waals surface area contributed by atoms with Gasteiger partial charge in [-0.05, 0) is 24.3 Å². The van der Waals surface area contributed by atoms with E-state index in [1.165, 1.54) is 23.2 Å². The van der Waals surface area contributed by atoms with Crippen LogP contribution in [0.2, 0.25) is 0 Å². The molecule has 5 rings (SSSR count). The highest BCUT2D eigenvalue weighted by Crippen LogP contribution is 2.32. The third-order valence-electron chi connectivity index (χ3n) is 7.20. The first-order chi connectivity index (χ1) is 20.9. The molecular formula is C28H25F5N6O5. The van der Waals surface area contributed by atoms with Gasteiger partial charge >= 0.3 is 12.1 Å². The SMILES string of the molecule is COC(=O)[C@H](Cc1ccc(-c2nccn(C)c2=O)c2nccn12)NC(=O)c1c(F)cc(N2CCOC[C@@H]2C(F)(F)F)cc1F. The number of anilines is 1. The van der Waals surface area contributed by atoms with Crippen LogP contribution in [0.5, 0.6) is 0 Å². The van der Waals surface area contributed by atoms with E-state index in [9.17, 15) is 27.6 Å². The summed E-state index contributed by atoms with van der Waals surface area (Å²) in [6, 6.07) is 0.810. The van der Waals surface area contributed by atoms with Gasteiger partial charge in [-0.1, -0.05) is 0 Å². The van der Waals surface area contributed by atoms with Gasteiger partial charge in [-0.2, -0.15) is 13.2 Å². The van der Waals surface area contributed by atoms with Crippen molar-refractivity contribution in [1.82, 2.24) is 24.3 Å². The molecule has 3 aromatic heterocycles. The van der Waals surface area contributed by atoms with Crippen LogP contribution in [0, 0.1) is 11.6 Å². The fourth-order valence-corrected chi connectivity index (χ4v) is 5.00. The molecular weight excluding hydrogens is 595 g/mol. The summed E-state index contributed by atoms with van der Waals surface area (Å²) >= 11 is 0. The van der Waals surface area contributed by atoms with Gasteiger partial charge in [0.25, 0.3) is 11.5 Å². The van der Waals surface area contributed by atoms with E-state index in [1.807, 2.05) is 0 Å². The maximum atomic E-state index is 15.1. The molecule has 11 nitrogen and oxygen atoms in total. The molecule has 0 aliphatic carbocycles. The summed E-state index contributed by atoms with van der Waals surface area (Å²) in [5.74, 6) is -5.11. The summed E-state index contributed by atoms with van der Waals surface area (Å²) in [6.45, 7) is -1.10. The van der Waals surface area contributed by atoms with Crippen molar-refractivity contribution in [2.45, 2.75) is 24.7 Å². The van der Waals surface area contributed by atoms with Gasteiger partial charge in [0.1, 0.15) is 40.6 Å². The summed E-state index contributed by atoms with van der Waals surface area (Å²) < 4.78 is 83.3. The third-order valence-corrected chi connectivity index (χ3v) is 7.20. The van der Waals surface area contributed by atoms with Crippen LogP contribution in [-0.2, 0) is 27.7 Å². The first kappa shape index (κ1) is 30.6. The molecule has 1 aliphatic heterocycles. The van der Waals surface area contributed by atoms with Crippen LogP contribution in [0.1, 0.15) is 16.1 Å². The fraction of sp³-hybridized carbons (Fsp3) is 0.321. The summed E-state index contributed by atoms with van der Waals surface area (Å²) in [4.78, 5) is 47.6. The molecule has 232 valence electrons. The summed E-state index contributed by atoms with van der Waals surface area (Å²) in [5.41, 5.74) is -0.625. The van der Waals surface area contributed by atoms with Gasteiger partial charge < -0.3 is 28.7 Å². The zero-order valence-electron chi connectivity index (χ0n) is 23.3. The Bertz CT molecular complexity index is 1770. The minimum Gasteiger partial charge on any atom is -0.467 e. The average molecular weight is 621 g/mol. The molecule has 44 heavy (non-hydrogen) atoms. The molecule has 0 spiro atoms. The number of methoxy groups -OCH3 is 1. The molecule has 4 aromatic rings. The number of fused-ring (bicyclic) bond motifs is 1. The number of halogens is 5. The lowest BCUT2D eigenvalue weighted by Crippen LogP contribution is -2.53. The van der Waals surface area contributed by atoms with Gasteiger partial charge in [-0.15, -0.1) is 0 Å². The Hall–Kier alpha value is -4.86. The molecule has 1 aromatic carbocycles. The predicted octanol–water partition coefficient (Wildman–Crippen LogP) is 2.65. The Morgan fingerprint density at radius 3 is 2.52 bits per heavy atom. The summed E-state index contributed by atoms with van der Waals surface area (Å²) in [7, 11) is 2.62. The van der Waals surface area contributed by atoms with E-state index in [-0.39, 0.29) is 30.8 Å². The number of alkyl halides is 3. The van der Waals surface area contributed by atoms with Crippen molar-refractivity contribution < 1.29 is 41.0 Å². The lowest BCUT2D eigenvalue weighted by Gasteiger charge is -2.38. The first-order valence-corrected chi connectivity index (χ1v) is 13.2. The van der Waals surface area contributed by atoms with Crippen molar-refractivity contribution in [3.63, 3.8) is 0 Å². The molecule has 1 saturated heterocycles. The monoisotopic (exact) mass is 620 g/mol. The molecule has 2 atom stereocenters. The maximum absolute atomic E-state index is 15.1. The minimum absolute atomic E-state index is 0.0947. The van der Waals surface area contributed by atoms with Crippen molar-refractivity contribution in [2.24, 2.45) is 7.05 Å². The van der Waals surface area contributed by atoms with Crippen LogP contribution >= 0.6 is 0 Å². The van der Waals surface area contributed by atoms with Crippen LogP contribution in [-0.4, -0.2) is 75.9 Å². The largest absolute Gasteiger partial charge is 0.467 e. The van der Waals surface area contributed by atoms with E-state index in [0.29, 0.717) is 29.0 Å². The van der Waals surface area contributed by atoms with E-state index in [2.05, 4.69) is 15.3 Å².